The van der Waals surface area contributed by atoms with Crippen LogP contribution in [0.25, 0.3) is 0 Å². The van der Waals surface area contributed by atoms with Gasteiger partial charge in [0.25, 0.3) is 0 Å². The maximum atomic E-state index is 12.0. The minimum atomic E-state index is -0.521. The first-order valence-corrected chi connectivity index (χ1v) is 7.36. The summed E-state index contributed by atoms with van der Waals surface area (Å²) in [6.07, 6.45) is 2.64. The molecule has 2 rings (SSSR count). The molecule has 21 heavy (non-hydrogen) atoms. The van der Waals surface area contributed by atoms with Crippen molar-refractivity contribution in [2.24, 2.45) is 5.92 Å². The van der Waals surface area contributed by atoms with E-state index in [0.717, 1.165) is 25.9 Å². The van der Waals surface area contributed by atoms with Crippen molar-refractivity contribution in [1.29, 1.82) is 0 Å². The van der Waals surface area contributed by atoms with Crippen molar-refractivity contribution in [1.82, 2.24) is 5.32 Å². The van der Waals surface area contributed by atoms with Crippen LogP contribution in [0, 0.1) is 5.92 Å². The van der Waals surface area contributed by atoms with Crippen LogP contribution in [0.1, 0.15) is 29.6 Å². The second-order valence-electron chi connectivity index (χ2n) is 5.15. The van der Waals surface area contributed by atoms with Gasteiger partial charge in [-0.3, -0.25) is 4.79 Å². The zero-order chi connectivity index (χ0) is 15.2. The van der Waals surface area contributed by atoms with E-state index in [1.807, 2.05) is 0 Å². The molecule has 0 aromatic heterocycles. The van der Waals surface area contributed by atoms with Crippen LogP contribution in [0.4, 0.5) is 5.69 Å². The van der Waals surface area contributed by atoms with Gasteiger partial charge in [-0.1, -0.05) is 11.6 Å². The Hall–Kier alpha value is -1.59. The fraction of sp³-hybridized carbons (Fsp3) is 0.467. The predicted octanol–water partition coefficient (Wildman–Crippen LogP) is 2.45. The van der Waals surface area contributed by atoms with Crippen molar-refractivity contribution < 1.29 is 14.3 Å². The number of esters is 1. The summed E-state index contributed by atoms with van der Waals surface area (Å²) in [7, 11) is 1.29. The average molecular weight is 311 g/mol. The van der Waals surface area contributed by atoms with E-state index < -0.39 is 5.97 Å². The van der Waals surface area contributed by atoms with Gasteiger partial charge in [0, 0.05) is 12.1 Å². The Balaban J connectivity index is 1.98. The Morgan fingerprint density at radius 3 is 2.95 bits per heavy atom. The average Bonchev–Trinajstić information content (AvgIpc) is 2.49. The fourth-order valence-corrected chi connectivity index (χ4v) is 2.64. The number of piperidine rings is 1. The SMILES string of the molecule is COC(=O)c1cc(NC(=O)CC2CCCNC2)ccc1Cl. The van der Waals surface area contributed by atoms with Crippen LogP contribution in [-0.2, 0) is 9.53 Å². The van der Waals surface area contributed by atoms with Gasteiger partial charge in [-0.2, -0.15) is 0 Å². The number of halogens is 1. The van der Waals surface area contributed by atoms with Crippen LogP contribution in [0.15, 0.2) is 18.2 Å². The second-order valence-corrected chi connectivity index (χ2v) is 5.56. The van der Waals surface area contributed by atoms with Crippen LogP contribution >= 0.6 is 11.6 Å². The molecule has 1 aliphatic rings. The van der Waals surface area contributed by atoms with Gasteiger partial charge >= 0.3 is 5.97 Å². The second kappa shape index (κ2) is 7.43. The highest BCUT2D eigenvalue weighted by atomic mass is 35.5. The molecule has 0 aliphatic carbocycles. The maximum absolute atomic E-state index is 12.0. The molecule has 5 nitrogen and oxygen atoms in total. The molecule has 1 amide bonds. The molecule has 1 aliphatic heterocycles. The summed E-state index contributed by atoms with van der Waals surface area (Å²) < 4.78 is 4.65. The summed E-state index contributed by atoms with van der Waals surface area (Å²) in [6, 6.07) is 4.78. The Bertz CT molecular complexity index is 528. The van der Waals surface area contributed by atoms with Gasteiger partial charge < -0.3 is 15.4 Å². The summed E-state index contributed by atoms with van der Waals surface area (Å²) >= 11 is 5.94. The molecule has 6 heteroatoms. The summed E-state index contributed by atoms with van der Waals surface area (Å²) in [6.45, 7) is 1.90. The largest absolute Gasteiger partial charge is 0.465 e. The number of nitrogens with one attached hydrogen (secondary N) is 2. The van der Waals surface area contributed by atoms with Crippen molar-refractivity contribution in [2.75, 3.05) is 25.5 Å². The zero-order valence-electron chi connectivity index (χ0n) is 11.9. The lowest BCUT2D eigenvalue weighted by molar-refractivity contribution is -0.117. The van der Waals surface area contributed by atoms with Gasteiger partial charge in [-0.05, 0) is 50.0 Å². The topological polar surface area (TPSA) is 67.4 Å². The molecular weight excluding hydrogens is 292 g/mol. The van der Waals surface area contributed by atoms with Crippen molar-refractivity contribution in [3.05, 3.63) is 28.8 Å². The molecule has 1 heterocycles. The van der Waals surface area contributed by atoms with E-state index in [0.29, 0.717) is 23.0 Å². The first-order chi connectivity index (χ1) is 10.1. The van der Waals surface area contributed by atoms with E-state index >= 15 is 0 Å². The molecule has 0 bridgehead atoms. The summed E-state index contributed by atoms with van der Waals surface area (Å²) in [4.78, 5) is 23.6. The van der Waals surface area contributed by atoms with Gasteiger partial charge in [0.15, 0.2) is 0 Å². The Morgan fingerprint density at radius 2 is 2.29 bits per heavy atom. The lowest BCUT2D eigenvalue weighted by atomic mass is 9.96. The molecule has 0 saturated carbocycles. The number of anilines is 1. The van der Waals surface area contributed by atoms with E-state index in [1.54, 1.807) is 12.1 Å². The lowest BCUT2D eigenvalue weighted by Crippen LogP contribution is -2.32. The predicted molar refractivity (Wildman–Crippen MR) is 81.6 cm³/mol. The van der Waals surface area contributed by atoms with Gasteiger partial charge in [0.05, 0.1) is 17.7 Å². The quantitative estimate of drug-likeness (QED) is 0.838. The standard InChI is InChI=1S/C15H19ClN2O3/c1-21-15(20)12-8-11(4-5-13(12)16)18-14(19)7-10-3-2-6-17-9-10/h4-5,8,10,17H,2-3,6-7,9H2,1H3,(H,18,19). The first-order valence-electron chi connectivity index (χ1n) is 6.98. The molecule has 1 aromatic carbocycles. The van der Waals surface area contributed by atoms with Crippen molar-refractivity contribution in [3.63, 3.8) is 0 Å². The van der Waals surface area contributed by atoms with Crippen LogP contribution in [0.5, 0.6) is 0 Å². The van der Waals surface area contributed by atoms with Crippen LogP contribution in [0.3, 0.4) is 0 Å². The highest BCUT2D eigenvalue weighted by Gasteiger charge is 2.17. The van der Waals surface area contributed by atoms with Crippen LogP contribution in [0.2, 0.25) is 5.02 Å². The van der Waals surface area contributed by atoms with Crippen LogP contribution < -0.4 is 10.6 Å². The molecule has 1 unspecified atom stereocenters. The number of benzene rings is 1. The van der Waals surface area contributed by atoms with Gasteiger partial charge in [0.2, 0.25) is 5.91 Å². The Labute approximate surface area is 129 Å². The number of amides is 1. The third kappa shape index (κ3) is 4.44. The highest BCUT2D eigenvalue weighted by Crippen LogP contribution is 2.22. The molecule has 2 N–H and O–H groups in total. The molecule has 114 valence electrons. The molecule has 1 aromatic rings. The van der Waals surface area contributed by atoms with Gasteiger partial charge in [0.1, 0.15) is 0 Å². The minimum absolute atomic E-state index is 0.0539. The van der Waals surface area contributed by atoms with E-state index in [1.165, 1.54) is 13.2 Å². The number of rotatable bonds is 4. The maximum Gasteiger partial charge on any atom is 0.339 e. The van der Waals surface area contributed by atoms with Gasteiger partial charge in [-0.15, -0.1) is 0 Å². The van der Waals surface area contributed by atoms with Crippen molar-refractivity contribution in [2.45, 2.75) is 19.3 Å². The summed E-state index contributed by atoms with van der Waals surface area (Å²) in [5, 5.41) is 6.39. The molecule has 1 fully saturated rings. The molecule has 0 spiro atoms. The van der Waals surface area contributed by atoms with Gasteiger partial charge in [-0.25, -0.2) is 4.79 Å². The number of methoxy groups -OCH3 is 1. The van der Waals surface area contributed by atoms with E-state index in [9.17, 15) is 9.59 Å². The Morgan fingerprint density at radius 1 is 1.48 bits per heavy atom. The first kappa shape index (κ1) is 15.8. The number of carbonyl (C=O) groups excluding carboxylic acids is 2. The summed E-state index contributed by atoms with van der Waals surface area (Å²) in [5.74, 6) is -0.208. The highest BCUT2D eigenvalue weighted by molar-refractivity contribution is 6.33. The number of hydrogen-bond donors (Lipinski definition) is 2. The number of ether oxygens (including phenoxy) is 1. The molecule has 1 saturated heterocycles. The van der Waals surface area contributed by atoms with E-state index in [-0.39, 0.29) is 11.5 Å². The third-order valence-corrected chi connectivity index (χ3v) is 3.86. The fourth-order valence-electron chi connectivity index (χ4n) is 2.44. The number of carbonyl (C=O) groups is 2. The number of hydrogen-bond acceptors (Lipinski definition) is 4. The minimum Gasteiger partial charge on any atom is -0.465 e. The Kier molecular flexibility index (Phi) is 5.59. The van der Waals surface area contributed by atoms with E-state index in [2.05, 4.69) is 15.4 Å². The lowest BCUT2D eigenvalue weighted by Gasteiger charge is -2.22. The summed E-state index contributed by atoms with van der Waals surface area (Å²) in [5.41, 5.74) is 0.796. The molecule has 1 atom stereocenters. The molecule has 0 radical (unpaired) electrons. The monoisotopic (exact) mass is 310 g/mol. The van der Waals surface area contributed by atoms with Crippen LogP contribution in [-0.4, -0.2) is 32.1 Å². The zero-order valence-corrected chi connectivity index (χ0v) is 12.7. The van der Waals surface area contributed by atoms with Crippen molar-refractivity contribution in [3.8, 4) is 0 Å². The normalized spacial score (nSPS) is 18.1. The van der Waals surface area contributed by atoms with E-state index in [4.69, 9.17) is 11.6 Å². The third-order valence-electron chi connectivity index (χ3n) is 3.53. The van der Waals surface area contributed by atoms with Crippen molar-refractivity contribution >= 4 is 29.2 Å². The smallest absolute Gasteiger partial charge is 0.339 e. The molecular formula is C15H19ClN2O3.